The van der Waals surface area contributed by atoms with E-state index in [2.05, 4.69) is 10.00 Å². The molecule has 1 aromatic heterocycles. The number of hydrogen-bond donors (Lipinski definition) is 0. The number of rotatable bonds is 7. The molecule has 8 heteroatoms. The molecule has 1 amide bonds. The molecule has 0 saturated carbocycles. The van der Waals surface area contributed by atoms with Gasteiger partial charge in [0.25, 0.3) is 0 Å². The average Bonchev–Trinajstić information content (AvgIpc) is 2.99. The lowest BCUT2D eigenvalue weighted by atomic mass is 10.1. The van der Waals surface area contributed by atoms with Gasteiger partial charge in [-0.3, -0.25) is 9.69 Å². The van der Waals surface area contributed by atoms with E-state index in [1.165, 1.54) is 6.26 Å². The number of amides is 1. The van der Waals surface area contributed by atoms with Crippen LogP contribution in [-0.2, 0) is 21.1 Å². The van der Waals surface area contributed by atoms with Crippen molar-refractivity contribution in [2.75, 3.05) is 44.7 Å². The van der Waals surface area contributed by atoms with Crippen molar-refractivity contribution in [2.24, 2.45) is 0 Å². The Bertz CT molecular complexity index is 946. The summed E-state index contributed by atoms with van der Waals surface area (Å²) < 4.78 is 24.6. The van der Waals surface area contributed by atoms with Crippen LogP contribution in [0.4, 0.5) is 0 Å². The van der Waals surface area contributed by atoms with E-state index in [4.69, 9.17) is 0 Å². The molecule has 0 bridgehead atoms. The Morgan fingerprint density at radius 3 is 2.34 bits per heavy atom. The Morgan fingerprint density at radius 1 is 1.07 bits per heavy atom. The van der Waals surface area contributed by atoms with Gasteiger partial charge in [0.05, 0.1) is 17.1 Å². The van der Waals surface area contributed by atoms with Crippen LogP contribution in [0.25, 0.3) is 5.69 Å². The van der Waals surface area contributed by atoms with E-state index in [9.17, 15) is 13.2 Å². The second kappa shape index (κ2) is 9.09. The highest BCUT2D eigenvalue weighted by molar-refractivity contribution is 7.90. The van der Waals surface area contributed by atoms with E-state index in [1.54, 1.807) is 0 Å². The molecule has 0 spiro atoms. The number of sulfone groups is 1. The number of nitrogens with zero attached hydrogens (tertiary/aromatic N) is 4. The number of carbonyl (C=O) groups is 1. The highest BCUT2D eigenvalue weighted by Gasteiger charge is 2.22. The second-order valence-corrected chi connectivity index (χ2v) is 10.0. The fourth-order valence-corrected chi connectivity index (χ4v) is 4.35. The summed E-state index contributed by atoms with van der Waals surface area (Å²) in [5, 5.41) is 4.66. The van der Waals surface area contributed by atoms with E-state index >= 15 is 0 Å². The summed E-state index contributed by atoms with van der Waals surface area (Å²) >= 11 is 0. The minimum absolute atomic E-state index is 0.152. The summed E-state index contributed by atoms with van der Waals surface area (Å²) in [7, 11) is -2.95. The third kappa shape index (κ3) is 5.67. The maximum Gasteiger partial charge on any atom is 0.222 e. The predicted molar refractivity (Wildman–Crippen MR) is 114 cm³/mol. The van der Waals surface area contributed by atoms with Crippen LogP contribution in [0.2, 0.25) is 0 Å². The lowest BCUT2D eigenvalue weighted by Gasteiger charge is -2.34. The van der Waals surface area contributed by atoms with Crippen LogP contribution < -0.4 is 0 Å². The van der Waals surface area contributed by atoms with Crippen LogP contribution in [0.5, 0.6) is 0 Å². The van der Waals surface area contributed by atoms with Crippen LogP contribution in [-0.4, -0.2) is 78.6 Å². The molecule has 2 heterocycles. The van der Waals surface area contributed by atoms with Crippen molar-refractivity contribution in [1.82, 2.24) is 19.6 Å². The lowest BCUT2D eigenvalue weighted by Crippen LogP contribution is -2.49. The summed E-state index contributed by atoms with van der Waals surface area (Å²) in [6.07, 6.45) is 2.40. The molecule has 3 rings (SSSR count). The number of aromatic nitrogens is 2. The Balaban J connectivity index is 1.53. The Labute approximate surface area is 173 Å². The molecule has 0 aliphatic carbocycles. The quantitative estimate of drug-likeness (QED) is 0.683. The number of para-hydroxylation sites is 1. The van der Waals surface area contributed by atoms with Crippen molar-refractivity contribution in [3.8, 4) is 5.69 Å². The molecule has 0 N–H and O–H groups in total. The van der Waals surface area contributed by atoms with Crippen LogP contribution in [0, 0.1) is 13.8 Å². The predicted octanol–water partition coefficient (Wildman–Crippen LogP) is 1.61. The van der Waals surface area contributed by atoms with Crippen molar-refractivity contribution in [1.29, 1.82) is 0 Å². The van der Waals surface area contributed by atoms with Crippen LogP contribution in [0.15, 0.2) is 30.3 Å². The van der Waals surface area contributed by atoms with Gasteiger partial charge in [-0.2, -0.15) is 5.10 Å². The SMILES string of the molecule is Cc1nn(-c2ccccc2)c(C)c1CCC(=O)N1CCN(CCS(C)(=O)=O)CC1. The van der Waals surface area contributed by atoms with Gasteiger partial charge in [-0.1, -0.05) is 18.2 Å². The molecule has 7 nitrogen and oxygen atoms in total. The third-order valence-corrected chi connectivity index (χ3v) is 6.46. The maximum absolute atomic E-state index is 12.7. The molecule has 0 radical (unpaired) electrons. The van der Waals surface area contributed by atoms with Gasteiger partial charge < -0.3 is 4.90 Å². The van der Waals surface area contributed by atoms with Gasteiger partial charge in [0, 0.05) is 51.1 Å². The number of hydrogen-bond acceptors (Lipinski definition) is 5. The van der Waals surface area contributed by atoms with E-state index < -0.39 is 9.84 Å². The number of carbonyl (C=O) groups excluding carboxylic acids is 1. The largest absolute Gasteiger partial charge is 0.340 e. The molecule has 1 saturated heterocycles. The van der Waals surface area contributed by atoms with Crippen LogP contribution in [0.3, 0.4) is 0 Å². The van der Waals surface area contributed by atoms with Gasteiger partial charge >= 0.3 is 0 Å². The Kier molecular flexibility index (Phi) is 6.74. The second-order valence-electron chi connectivity index (χ2n) is 7.75. The molecular weight excluding hydrogens is 388 g/mol. The van der Waals surface area contributed by atoms with Crippen molar-refractivity contribution in [3.63, 3.8) is 0 Å². The number of aryl methyl sites for hydroxylation is 1. The van der Waals surface area contributed by atoms with Gasteiger partial charge in [0.15, 0.2) is 0 Å². The topological polar surface area (TPSA) is 75.5 Å². The highest BCUT2D eigenvalue weighted by Crippen LogP contribution is 2.20. The normalized spacial score (nSPS) is 15.6. The molecule has 2 aromatic rings. The van der Waals surface area contributed by atoms with E-state index in [1.807, 2.05) is 53.8 Å². The smallest absolute Gasteiger partial charge is 0.222 e. The first-order valence-corrected chi connectivity index (χ1v) is 12.1. The minimum atomic E-state index is -2.95. The van der Waals surface area contributed by atoms with Crippen LogP contribution in [0.1, 0.15) is 23.4 Å². The zero-order valence-electron chi connectivity index (χ0n) is 17.5. The standard InChI is InChI=1S/C21H30N4O3S/c1-17-20(18(2)25(22-17)19-7-5-4-6-8-19)9-10-21(26)24-13-11-23(12-14-24)15-16-29(3,27)28/h4-8H,9-16H2,1-3H3. The molecule has 0 atom stereocenters. The maximum atomic E-state index is 12.7. The molecule has 158 valence electrons. The number of piperazine rings is 1. The fourth-order valence-electron chi connectivity index (χ4n) is 3.76. The van der Waals surface area contributed by atoms with Gasteiger partial charge in [-0.25, -0.2) is 13.1 Å². The van der Waals surface area contributed by atoms with Crippen molar-refractivity contribution in [2.45, 2.75) is 26.7 Å². The van der Waals surface area contributed by atoms with Crippen molar-refractivity contribution >= 4 is 15.7 Å². The van der Waals surface area contributed by atoms with E-state index in [-0.39, 0.29) is 11.7 Å². The summed E-state index contributed by atoms with van der Waals surface area (Å²) in [6, 6.07) is 10.0. The average molecular weight is 419 g/mol. The molecule has 0 unspecified atom stereocenters. The molecule has 29 heavy (non-hydrogen) atoms. The van der Waals surface area contributed by atoms with Gasteiger partial charge in [-0.15, -0.1) is 0 Å². The summed E-state index contributed by atoms with van der Waals surface area (Å²) in [5.74, 6) is 0.323. The highest BCUT2D eigenvalue weighted by atomic mass is 32.2. The monoisotopic (exact) mass is 418 g/mol. The molecular formula is C21H30N4O3S. The van der Waals surface area contributed by atoms with Crippen LogP contribution >= 0.6 is 0 Å². The first kappa shape index (κ1) is 21.5. The van der Waals surface area contributed by atoms with Gasteiger partial charge in [0.1, 0.15) is 9.84 Å². The van der Waals surface area contributed by atoms with Crippen molar-refractivity contribution in [3.05, 3.63) is 47.3 Å². The first-order chi connectivity index (χ1) is 13.7. The number of benzene rings is 1. The minimum Gasteiger partial charge on any atom is -0.340 e. The Hall–Kier alpha value is -2.19. The molecule has 1 aliphatic rings. The Morgan fingerprint density at radius 2 is 1.72 bits per heavy atom. The van der Waals surface area contributed by atoms with Gasteiger partial charge in [0.2, 0.25) is 5.91 Å². The summed E-state index contributed by atoms with van der Waals surface area (Å²) in [6.45, 7) is 7.35. The van der Waals surface area contributed by atoms with E-state index in [0.717, 1.165) is 35.7 Å². The fraction of sp³-hybridized carbons (Fsp3) is 0.524. The molecule has 1 fully saturated rings. The molecule has 1 aliphatic heterocycles. The first-order valence-electron chi connectivity index (χ1n) is 10.0. The molecule has 1 aromatic carbocycles. The van der Waals surface area contributed by atoms with Gasteiger partial charge in [-0.05, 0) is 38.0 Å². The zero-order chi connectivity index (χ0) is 21.0. The third-order valence-electron chi connectivity index (χ3n) is 5.53. The summed E-state index contributed by atoms with van der Waals surface area (Å²) in [5.41, 5.74) is 4.20. The zero-order valence-corrected chi connectivity index (χ0v) is 18.3. The van der Waals surface area contributed by atoms with Crippen molar-refractivity contribution < 1.29 is 13.2 Å². The van der Waals surface area contributed by atoms with E-state index in [0.29, 0.717) is 32.5 Å². The lowest BCUT2D eigenvalue weighted by molar-refractivity contribution is -0.132. The summed E-state index contributed by atoms with van der Waals surface area (Å²) in [4.78, 5) is 16.7.